The van der Waals surface area contributed by atoms with Gasteiger partial charge in [-0.2, -0.15) is 0 Å². The molecule has 2 aromatic rings. The van der Waals surface area contributed by atoms with Gasteiger partial charge in [0.05, 0.1) is 12.3 Å². The summed E-state index contributed by atoms with van der Waals surface area (Å²) in [5.74, 6) is 1.53. The Morgan fingerprint density at radius 2 is 2.24 bits per heavy atom. The minimum Gasteiger partial charge on any atom is -0.491 e. The van der Waals surface area contributed by atoms with Gasteiger partial charge in [-0.1, -0.05) is 23.9 Å². The molecule has 2 N–H and O–H groups in total. The van der Waals surface area contributed by atoms with Crippen LogP contribution in [0.4, 0.5) is 5.69 Å². The van der Waals surface area contributed by atoms with Crippen LogP contribution in [0.2, 0.25) is 0 Å². The molecular formula is C11H14N4OS. The standard InChI is InChI=1S/C11H14N4OS/c1-15-8-13-14-11(15)17-7-6-16-10-5-3-2-4-9(10)12/h2-5,8H,6-7,12H2,1H3. The number of aromatic nitrogens is 3. The van der Waals surface area contributed by atoms with Crippen LogP contribution in [0.5, 0.6) is 5.75 Å². The fourth-order valence-corrected chi connectivity index (χ4v) is 2.00. The lowest BCUT2D eigenvalue weighted by molar-refractivity contribution is 0.345. The Labute approximate surface area is 104 Å². The van der Waals surface area contributed by atoms with Crippen molar-refractivity contribution in [2.45, 2.75) is 5.16 Å². The molecule has 2 rings (SSSR count). The molecule has 17 heavy (non-hydrogen) atoms. The second-order valence-corrected chi connectivity index (χ2v) is 4.52. The van der Waals surface area contributed by atoms with Gasteiger partial charge in [-0.05, 0) is 12.1 Å². The average molecular weight is 250 g/mol. The quantitative estimate of drug-likeness (QED) is 0.495. The summed E-state index contributed by atoms with van der Waals surface area (Å²) in [5, 5.41) is 8.66. The Balaban J connectivity index is 1.77. The van der Waals surface area contributed by atoms with Crippen molar-refractivity contribution < 1.29 is 4.74 Å². The molecule has 0 radical (unpaired) electrons. The zero-order valence-electron chi connectivity index (χ0n) is 9.54. The van der Waals surface area contributed by atoms with Crippen molar-refractivity contribution >= 4 is 17.4 Å². The first kappa shape index (κ1) is 11.8. The van der Waals surface area contributed by atoms with Crippen molar-refractivity contribution in [3.63, 3.8) is 0 Å². The van der Waals surface area contributed by atoms with Gasteiger partial charge < -0.3 is 15.0 Å². The van der Waals surface area contributed by atoms with Crippen LogP contribution in [0.3, 0.4) is 0 Å². The molecule has 0 amide bonds. The van der Waals surface area contributed by atoms with Crippen LogP contribution < -0.4 is 10.5 Å². The number of nitrogen functional groups attached to an aromatic ring is 1. The highest BCUT2D eigenvalue weighted by Gasteiger charge is 2.02. The first-order chi connectivity index (χ1) is 8.27. The first-order valence-electron chi connectivity index (χ1n) is 5.21. The molecule has 0 aliphatic rings. The molecule has 90 valence electrons. The smallest absolute Gasteiger partial charge is 0.190 e. The third-order valence-electron chi connectivity index (χ3n) is 2.16. The van der Waals surface area contributed by atoms with Gasteiger partial charge >= 0.3 is 0 Å². The molecule has 5 nitrogen and oxygen atoms in total. The van der Waals surface area contributed by atoms with E-state index < -0.39 is 0 Å². The fraction of sp³-hybridized carbons (Fsp3) is 0.273. The molecule has 1 aromatic heterocycles. The summed E-state index contributed by atoms with van der Waals surface area (Å²) >= 11 is 1.60. The van der Waals surface area contributed by atoms with Crippen LogP contribution >= 0.6 is 11.8 Å². The van der Waals surface area contributed by atoms with Gasteiger partial charge in [0.2, 0.25) is 0 Å². The second-order valence-electron chi connectivity index (χ2n) is 3.46. The van der Waals surface area contributed by atoms with E-state index >= 15 is 0 Å². The van der Waals surface area contributed by atoms with Gasteiger partial charge in [0, 0.05) is 12.8 Å². The highest BCUT2D eigenvalue weighted by molar-refractivity contribution is 7.99. The lowest BCUT2D eigenvalue weighted by Crippen LogP contribution is -2.03. The summed E-state index contributed by atoms with van der Waals surface area (Å²) in [5.41, 5.74) is 6.43. The maximum Gasteiger partial charge on any atom is 0.190 e. The predicted molar refractivity (Wildman–Crippen MR) is 68.1 cm³/mol. The molecule has 0 saturated carbocycles. The van der Waals surface area contributed by atoms with E-state index in [1.807, 2.05) is 35.9 Å². The van der Waals surface area contributed by atoms with Gasteiger partial charge in [0.15, 0.2) is 5.16 Å². The van der Waals surface area contributed by atoms with Gasteiger partial charge in [-0.3, -0.25) is 0 Å². The minimum absolute atomic E-state index is 0.589. The van der Waals surface area contributed by atoms with Gasteiger partial charge in [-0.25, -0.2) is 0 Å². The van der Waals surface area contributed by atoms with E-state index in [0.717, 1.165) is 16.7 Å². The lowest BCUT2D eigenvalue weighted by Gasteiger charge is -2.07. The molecule has 0 atom stereocenters. The van der Waals surface area contributed by atoms with Crippen LogP contribution in [0.25, 0.3) is 0 Å². The number of hydrogen-bond acceptors (Lipinski definition) is 5. The van der Waals surface area contributed by atoms with Gasteiger partial charge in [-0.15, -0.1) is 10.2 Å². The van der Waals surface area contributed by atoms with Crippen molar-refractivity contribution in [1.29, 1.82) is 0 Å². The molecule has 1 aromatic carbocycles. The SMILES string of the molecule is Cn1cnnc1SCCOc1ccccc1N. The van der Waals surface area contributed by atoms with Crippen molar-refractivity contribution in [3.05, 3.63) is 30.6 Å². The Kier molecular flexibility index (Phi) is 3.87. The van der Waals surface area contributed by atoms with Crippen molar-refractivity contribution in [2.24, 2.45) is 7.05 Å². The minimum atomic E-state index is 0.589. The van der Waals surface area contributed by atoms with E-state index in [1.54, 1.807) is 18.1 Å². The van der Waals surface area contributed by atoms with Crippen LogP contribution in [0, 0.1) is 0 Å². The van der Waals surface area contributed by atoms with Crippen LogP contribution in [0.1, 0.15) is 0 Å². The number of hydrogen-bond donors (Lipinski definition) is 1. The summed E-state index contributed by atoms with van der Waals surface area (Å²) in [4.78, 5) is 0. The molecule has 0 fully saturated rings. The Morgan fingerprint density at radius 3 is 2.94 bits per heavy atom. The number of nitrogens with zero attached hydrogens (tertiary/aromatic N) is 3. The highest BCUT2D eigenvalue weighted by atomic mass is 32.2. The number of nitrogens with two attached hydrogens (primary N) is 1. The zero-order chi connectivity index (χ0) is 12.1. The second kappa shape index (κ2) is 5.58. The number of rotatable bonds is 5. The largest absolute Gasteiger partial charge is 0.491 e. The molecular weight excluding hydrogens is 236 g/mol. The number of aryl methyl sites for hydroxylation is 1. The van der Waals surface area contributed by atoms with Crippen LogP contribution in [-0.2, 0) is 7.05 Å². The molecule has 0 aliphatic heterocycles. The first-order valence-corrected chi connectivity index (χ1v) is 6.20. The van der Waals surface area contributed by atoms with Gasteiger partial charge in [0.1, 0.15) is 12.1 Å². The van der Waals surface area contributed by atoms with E-state index in [2.05, 4.69) is 10.2 Å². The van der Waals surface area contributed by atoms with E-state index in [9.17, 15) is 0 Å². The third-order valence-corrected chi connectivity index (χ3v) is 3.16. The maximum absolute atomic E-state index is 5.76. The topological polar surface area (TPSA) is 66.0 Å². The fourth-order valence-electron chi connectivity index (χ4n) is 1.30. The number of thioether (sulfide) groups is 1. The van der Waals surface area contributed by atoms with E-state index in [4.69, 9.17) is 10.5 Å². The summed E-state index contributed by atoms with van der Waals surface area (Å²) in [6.07, 6.45) is 1.68. The van der Waals surface area contributed by atoms with E-state index in [0.29, 0.717) is 12.3 Å². The highest BCUT2D eigenvalue weighted by Crippen LogP contribution is 2.20. The summed E-state index contributed by atoms with van der Waals surface area (Å²) < 4.78 is 7.45. The molecule has 0 unspecified atom stereocenters. The zero-order valence-corrected chi connectivity index (χ0v) is 10.4. The molecule has 0 bridgehead atoms. The molecule has 1 heterocycles. The maximum atomic E-state index is 5.76. The van der Waals surface area contributed by atoms with Crippen molar-refractivity contribution in [1.82, 2.24) is 14.8 Å². The number of benzene rings is 1. The molecule has 0 aliphatic carbocycles. The Hall–Kier alpha value is -1.69. The van der Waals surface area contributed by atoms with Crippen molar-refractivity contribution in [2.75, 3.05) is 18.1 Å². The summed E-state index contributed by atoms with van der Waals surface area (Å²) in [7, 11) is 1.92. The number of ether oxygens (including phenoxy) is 1. The third kappa shape index (κ3) is 3.13. The molecule has 6 heteroatoms. The normalized spacial score (nSPS) is 10.4. The monoisotopic (exact) mass is 250 g/mol. The van der Waals surface area contributed by atoms with E-state index in [1.165, 1.54) is 0 Å². The summed E-state index contributed by atoms with van der Waals surface area (Å²) in [6, 6.07) is 7.48. The number of para-hydroxylation sites is 2. The van der Waals surface area contributed by atoms with Crippen LogP contribution in [-0.4, -0.2) is 27.1 Å². The van der Waals surface area contributed by atoms with Gasteiger partial charge in [0.25, 0.3) is 0 Å². The average Bonchev–Trinajstić information content (AvgIpc) is 2.73. The Bertz CT molecular complexity index is 486. The van der Waals surface area contributed by atoms with Crippen LogP contribution in [0.15, 0.2) is 35.7 Å². The lowest BCUT2D eigenvalue weighted by atomic mass is 10.3. The van der Waals surface area contributed by atoms with E-state index in [-0.39, 0.29) is 0 Å². The number of anilines is 1. The summed E-state index contributed by atoms with van der Waals surface area (Å²) in [6.45, 7) is 0.589. The molecule has 0 saturated heterocycles. The Morgan fingerprint density at radius 1 is 1.41 bits per heavy atom. The van der Waals surface area contributed by atoms with Crippen molar-refractivity contribution in [3.8, 4) is 5.75 Å². The molecule has 0 spiro atoms. The predicted octanol–water partition coefficient (Wildman–Crippen LogP) is 1.57.